The number of nitrogens with two attached hydrogens (primary N) is 1. The Balaban J connectivity index is 0.00000261. The van der Waals surface area contributed by atoms with Gasteiger partial charge in [0, 0.05) is 32.4 Å². The summed E-state index contributed by atoms with van der Waals surface area (Å²) in [5.74, 6) is -0.257. The van der Waals surface area contributed by atoms with E-state index in [-0.39, 0.29) is 30.1 Å². The lowest BCUT2D eigenvalue weighted by molar-refractivity contribution is -0.126. The standard InChI is InChI=1S/C19H25N5O2.ClH/c20-8-9-21-18(25)16-7-4-10-23(13-16)19(26)17-11-22-24(14-17)12-15-5-2-1-3-6-15;/h1-3,5-6,11,14,16H,4,7-10,12-13,20H2,(H,21,25);1H. The van der Waals surface area contributed by atoms with Crippen LogP contribution in [0, 0.1) is 5.92 Å². The predicted octanol–water partition coefficient (Wildman–Crippen LogP) is 1.28. The van der Waals surface area contributed by atoms with Crippen LogP contribution >= 0.6 is 12.4 Å². The van der Waals surface area contributed by atoms with E-state index in [9.17, 15) is 9.59 Å². The van der Waals surface area contributed by atoms with Crippen LogP contribution in [0.5, 0.6) is 0 Å². The maximum absolute atomic E-state index is 12.8. The highest BCUT2D eigenvalue weighted by molar-refractivity contribution is 5.94. The first-order valence-electron chi connectivity index (χ1n) is 9.01. The first-order chi connectivity index (χ1) is 12.7. The molecule has 0 bridgehead atoms. The van der Waals surface area contributed by atoms with E-state index in [1.807, 2.05) is 30.3 Å². The van der Waals surface area contributed by atoms with Crippen LogP contribution in [0.1, 0.15) is 28.8 Å². The molecule has 3 N–H and O–H groups in total. The van der Waals surface area contributed by atoms with Crippen LogP contribution < -0.4 is 11.1 Å². The monoisotopic (exact) mass is 391 g/mol. The third-order valence-electron chi connectivity index (χ3n) is 4.59. The number of nitrogens with one attached hydrogen (secondary N) is 1. The van der Waals surface area contributed by atoms with E-state index < -0.39 is 0 Å². The molecule has 1 atom stereocenters. The number of benzene rings is 1. The number of hydrogen-bond donors (Lipinski definition) is 2. The van der Waals surface area contributed by atoms with Gasteiger partial charge in [-0.2, -0.15) is 5.10 Å². The number of piperidine rings is 1. The van der Waals surface area contributed by atoms with Gasteiger partial charge in [-0.25, -0.2) is 0 Å². The Morgan fingerprint density at radius 3 is 2.78 bits per heavy atom. The topological polar surface area (TPSA) is 93.2 Å². The molecule has 2 aromatic rings. The van der Waals surface area contributed by atoms with Crippen LogP contribution in [0.15, 0.2) is 42.7 Å². The molecule has 1 aliphatic heterocycles. The molecule has 1 unspecified atom stereocenters. The van der Waals surface area contributed by atoms with E-state index in [1.165, 1.54) is 0 Å². The fourth-order valence-corrected chi connectivity index (χ4v) is 3.23. The fraction of sp³-hybridized carbons (Fsp3) is 0.421. The van der Waals surface area contributed by atoms with Crippen molar-refractivity contribution in [2.45, 2.75) is 19.4 Å². The number of amides is 2. The fourth-order valence-electron chi connectivity index (χ4n) is 3.23. The van der Waals surface area contributed by atoms with E-state index in [4.69, 9.17) is 5.73 Å². The smallest absolute Gasteiger partial charge is 0.257 e. The molecule has 1 fully saturated rings. The number of aromatic nitrogens is 2. The summed E-state index contributed by atoms with van der Waals surface area (Å²) >= 11 is 0. The molecule has 0 radical (unpaired) electrons. The van der Waals surface area contributed by atoms with Gasteiger partial charge in [0.05, 0.1) is 24.2 Å². The van der Waals surface area contributed by atoms with Crippen LogP contribution in [-0.4, -0.2) is 52.7 Å². The normalized spacial score (nSPS) is 16.5. The first kappa shape index (κ1) is 20.9. The van der Waals surface area contributed by atoms with Gasteiger partial charge in [-0.05, 0) is 18.4 Å². The van der Waals surface area contributed by atoms with Crippen molar-refractivity contribution >= 4 is 24.2 Å². The van der Waals surface area contributed by atoms with E-state index in [1.54, 1.807) is 22.0 Å². The summed E-state index contributed by atoms with van der Waals surface area (Å²) in [5.41, 5.74) is 7.11. The Kier molecular flexibility index (Phi) is 7.82. The summed E-state index contributed by atoms with van der Waals surface area (Å²) < 4.78 is 1.76. The van der Waals surface area contributed by atoms with Crippen molar-refractivity contribution in [1.29, 1.82) is 0 Å². The molecule has 27 heavy (non-hydrogen) atoms. The summed E-state index contributed by atoms with van der Waals surface area (Å²) in [6.07, 6.45) is 4.99. The highest BCUT2D eigenvalue weighted by Crippen LogP contribution is 2.19. The van der Waals surface area contributed by atoms with Gasteiger partial charge in [0.1, 0.15) is 0 Å². The highest BCUT2D eigenvalue weighted by atomic mass is 35.5. The maximum Gasteiger partial charge on any atom is 0.257 e. The zero-order valence-corrected chi connectivity index (χ0v) is 16.0. The lowest BCUT2D eigenvalue weighted by Crippen LogP contribution is -2.46. The van der Waals surface area contributed by atoms with Crippen LogP contribution in [0.25, 0.3) is 0 Å². The summed E-state index contributed by atoms with van der Waals surface area (Å²) in [7, 11) is 0. The van der Waals surface area contributed by atoms with E-state index in [0.717, 1.165) is 18.4 Å². The molecule has 1 aliphatic rings. The lowest BCUT2D eigenvalue weighted by atomic mass is 9.96. The number of hydrogen-bond acceptors (Lipinski definition) is 4. The molecule has 0 spiro atoms. The second kappa shape index (κ2) is 10.1. The molecule has 146 valence electrons. The van der Waals surface area contributed by atoms with Gasteiger partial charge in [-0.1, -0.05) is 30.3 Å². The molecular weight excluding hydrogens is 366 g/mol. The number of carbonyl (C=O) groups is 2. The molecule has 1 aromatic carbocycles. The zero-order valence-electron chi connectivity index (χ0n) is 15.2. The number of rotatable bonds is 6. The summed E-state index contributed by atoms with van der Waals surface area (Å²) in [6.45, 7) is 2.62. The van der Waals surface area contributed by atoms with Gasteiger partial charge in [0.25, 0.3) is 5.91 Å². The average molecular weight is 392 g/mol. The number of halogens is 1. The van der Waals surface area contributed by atoms with Crippen molar-refractivity contribution in [2.24, 2.45) is 11.7 Å². The Morgan fingerprint density at radius 2 is 2.04 bits per heavy atom. The number of likely N-dealkylation sites (tertiary alicyclic amines) is 1. The SMILES string of the molecule is Cl.NCCNC(=O)C1CCCN(C(=O)c2cnn(Cc3ccccc3)c2)C1. The van der Waals surface area contributed by atoms with Crippen molar-refractivity contribution in [2.75, 3.05) is 26.2 Å². The minimum atomic E-state index is -0.168. The molecule has 2 heterocycles. The molecule has 0 saturated carbocycles. The molecule has 7 nitrogen and oxygen atoms in total. The van der Waals surface area contributed by atoms with E-state index >= 15 is 0 Å². The molecule has 3 rings (SSSR count). The van der Waals surface area contributed by atoms with Gasteiger partial charge < -0.3 is 16.0 Å². The maximum atomic E-state index is 12.8. The minimum absolute atomic E-state index is 0. The second-order valence-electron chi connectivity index (χ2n) is 6.58. The van der Waals surface area contributed by atoms with Gasteiger partial charge >= 0.3 is 0 Å². The van der Waals surface area contributed by atoms with Crippen molar-refractivity contribution in [3.63, 3.8) is 0 Å². The molecule has 1 saturated heterocycles. The van der Waals surface area contributed by atoms with Crippen molar-refractivity contribution in [3.05, 3.63) is 53.9 Å². The van der Waals surface area contributed by atoms with Crippen LogP contribution in [0.2, 0.25) is 0 Å². The van der Waals surface area contributed by atoms with Crippen molar-refractivity contribution in [1.82, 2.24) is 20.0 Å². The Hall–Kier alpha value is -2.38. The van der Waals surface area contributed by atoms with E-state index in [2.05, 4.69) is 10.4 Å². The predicted molar refractivity (Wildman–Crippen MR) is 106 cm³/mol. The van der Waals surface area contributed by atoms with Crippen LogP contribution in [0.4, 0.5) is 0 Å². The van der Waals surface area contributed by atoms with Gasteiger partial charge in [0.15, 0.2) is 0 Å². The molecular formula is C19H26ClN5O2. The third kappa shape index (κ3) is 5.55. The largest absolute Gasteiger partial charge is 0.355 e. The highest BCUT2D eigenvalue weighted by Gasteiger charge is 2.29. The summed E-state index contributed by atoms with van der Waals surface area (Å²) in [4.78, 5) is 26.7. The van der Waals surface area contributed by atoms with E-state index in [0.29, 0.717) is 38.3 Å². The summed E-state index contributed by atoms with van der Waals surface area (Å²) in [5, 5.41) is 7.11. The Morgan fingerprint density at radius 1 is 1.26 bits per heavy atom. The Labute approximate surface area is 165 Å². The quantitative estimate of drug-likeness (QED) is 0.775. The second-order valence-corrected chi connectivity index (χ2v) is 6.58. The first-order valence-corrected chi connectivity index (χ1v) is 9.01. The summed E-state index contributed by atoms with van der Waals surface area (Å²) in [6, 6.07) is 9.98. The third-order valence-corrected chi connectivity index (χ3v) is 4.59. The molecule has 8 heteroatoms. The van der Waals surface area contributed by atoms with Crippen molar-refractivity contribution < 1.29 is 9.59 Å². The average Bonchev–Trinajstić information content (AvgIpc) is 3.14. The lowest BCUT2D eigenvalue weighted by Gasteiger charge is -2.31. The van der Waals surface area contributed by atoms with Gasteiger partial charge in [-0.3, -0.25) is 14.3 Å². The number of carbonyl (C=O) groups excluding carboxylic acids is 2. The molecule has 1 aromatic heterocycles. The molecule has 2 amide bonds. The molecule has 0 aliphatic carbocycles. The van der Waals surface area contributed by atoms with Gasteiger partial charge in [-0.15, -0.1) is 12.4 Å². The van der Waals surface area contributed by atoms with Crippen molar-refractivity contribution in [3.8, 4) is 0 Å². The minimum Gasteiger partial charge on any atom is -0.355 e. The van der Waals surface area contributed by atoms with Crippen LogP contribution in [-0.2, 0) is 11.3 Å². The zero-order chi connectivity index (χ0) is 18.4. The number of nitrogens with zero attached hydrogens (tertiary/aromatic N) is 3. The Bertz CT molecular complexity index is 750. The van der Waals surface area contributed by atoms with Gasteiger partial charge in [0.2, 0.25) is 5.91 Å². The van der Waals surface area contributed by atoms with Crippen LogP contribution in [0.3, 0.4) is 0 Å².